The Bertz CT molecular complexity index is 57.9. The minimum atomic E-state index is -0.264. The first-order valence-corrected chi connectivity index (χ1v) is 2.44. The Labute approximate surface area is 57.1 Å². The highest BCUT2D eigenvalue weighted by Crippen LogP contribution is 1.94. The SMILES string of the molecule is CC(O)[N+](C)(C)C.[Cl-]. The Morgan fingerprint density at radius 2 is 1.38 bits per heavy atom. The molecule has 0 aromatic heterocycles. The quantitative estimate of drug-likeness (QED) is 0.304. The number of hydrogen-bond donors (Lipinski definition) is 1. The van der Waals surface area contributed by atoms with Crippen LogP contribution < -0.4 is 12.4 Å². The van der Waals surface area contributed by atoms with E-state index in [9.17, 15) is 0 Å². The molecule has 0 spiro atoms. The zero-order valence-corrected chi connectivity index (χ0v) is 6.61. The van der Waals surface area contributed by atoms with Crippen LogP contribution in [0.1, 0.15) is 6.92 Å². The Morgan fingerprint density at radius 1 is 1.25 bits per heavy atom. The van der Waals surface area contributed by atoms with Gasteiger partial charge < -0.3 is 22.0 Å². The van der Waals surface area contributed by atoms with E-state index in [1.54, 1.807) is 6.92 Å². The van der Waals surface area contributed by atoms with Crippen molar-refractivity contribution in [3.8, 4) is 0 Å². The van der Waals surface area contributed by atoms with Crippen LogP contribution in [-0.2, 0) is 0 Å². The van der Waals surface area contributed by atoms with Gasteiger partial charge in [0.1, 0.15) is 0 Å². The topological polar surface area (TPSA) is 20.2 Å². The van der Waals surface area contributed by atoms with Crippen LogP contribution in [0.4, 0.5) is 0 Å². The molecule has 0 amide bonds. The van der Waals surface area contributed by atoms with Crippen molar-refractivity contribution in [1.29, 1.82) is 0 Å². The minimum absolute atomic E-state index is 0. The predicted molar refractivity (Wildman–Crippen MR) is 29.7 cm³/mol. The first kappa shape index (κ1) is 11.1. The van der Waals surface area contributed by atoms with Crippen LogP contribution in [0.2, 0.25) is 0 Å². The monoisotopic (exact) mass is 139 g/mol. The van der Waals surface area contributed by atoms with Crippen LogP contribution in [0.15, 0.2) is 0 Å². The fourth-order valence-electron chi connectivity index (χ4n) is 0. The molecule has 1 N–H and O–H groups in total. The lowest BCUT2D eigenvalue weighted by Crippen LogP contribution is -3.00. The third-order valence-corrected chi connectivity index (χ3v) is 1.12. The van der Waals surface area contributed by atoms with Crippen LogP contribution in [0.5, 0.6) is 0 Å². The molecular formula is C5H14ClNO. The highest BCUT2D eigenvalue weighted by atomic mass is 35.5. The number of nitrogens with zero attached hydrogens (tertiary/aromatic N) is 1. The molecule has 8 heavy (non-hydrogen) atoms. The van der Waals surface area contributed by atoms with E-state index >= 15 is 0 Å². The van der Waals surface area contributed by atoms with Crippen LogP contribution >= 0.6 is 0 Å². The molecule has 0 aliphatic rings. The second-order valence-corrected chi connectivity index (χ2v) is 2.75. The van der Waals surface area contributed by atoms with E-state index in [-0.39, 0.29) is 18.6 Å². The van der Waals surface area contributed by atoms with Gasteiger partial charge in [0.05, 0.1) is 21.1 Å². The lowest BCUT2D eigenvalue weighted by atomic mass is 10.5. The fraction of sp³-hybridized carbons (Fsp3) is 1.00. The molecule has 0 bridgehead atoms. The van der Waals surface area contributed by atoms with E-state index < -0.39 is 0 Å². The normalized spacial score (nSPS) is 14.6. The van der Waals surface area contributed by atoms with Crippen molar-refractivity contribution < 1.29 is 22.0 Å². The number of aliphatic hydroxyl groups is 1. The first-order valence-electron chi connectivity index (χ1n) is 2.44. The van der Waals surface area contributed by atoms with Crippen LogP contribution in [0.3, 0.4) is 0 Å². The lowest BCUT2D eigenvalue weighted by molar-refractivity contribution is -0.916. The molecule has 0 saturated carbocycles. The van der Waals surface area contributed by atoms with Crippen molar-refractivity contribution in [2.75, 3.05) is 21.1 Å². The van der Waals surface area contributed by atoms with Crippen molar-refractivity contribution in [3.63, 3.8) is 0 Å². The molecule has 0 aromatic carbocycles. The maximum absolute atomic E-state index is 8.86. The molecule has 0 aromatic rings. The molecule has 0 fully saturated rings. The van der Waals surface area contributed by atoms with Crippen LogP contribution in [-0.4, -0.2) is 37.0 Å². The average Bonchev–Trinajstić information content (AvgIpc) is 1.31. The van der Waals surface area contributed by atoms with Gasteiger partial charge in [-0.1, -0.05) is 0 Å². The molecule has 3 heteroatoms. The summed E-state index contributed by atoms with van der Waals surface area (Å²) in [6.07, 6.45) is -0.264. The highest BCUT2D eigenvalue weighted by molar-refractivity contribution is 4.18. The minimum Gasteiger partial charge on any atom is -1.00 e. The van der Waals surface area contributed by atoms with E-state index in [0.717, 1.165) is 0 Å². The molecule has 0 saturated heterocycles. The summed E-state index contributed by atoms with van der Waals surface area (Å²) in [7, 11) is 5.85. The molecule has 1 atom stereocenters. The Hall–Kier alpha value is 0.210. The Kier molecular flexibility index (Phi) is 4.53. The standard InChI is InChI=1S/C5H14NO.ClH/c1-5(7)6(2,3)4;/h5,7H,1-4H3;1H/q+1;/p-1. The summed E-state index contributed by atoms with van der Waals surface area (Å²) in [6.45, 7) is 1.78. The van der Waals surface area contributed by atoms with Gasteiger partial charge >= 0.3 is 0 Å². The van der Waals surface area contributed by atoms with Gasteiger partial charge in [-0.2, -0.15) is 0 Å². The molecular weight excluding hydrogens is 126 g/mol. The number of rotatable bonds is 1. The molecule has 0 radical (unpaired) electrons. The summed E-state index contributed by atoms with van der Waals surface area (Å²) in [5.41, 5.74) is 0. The zero-order chi connectivity index (χ0) is 6.08. The number of halogens is 1. The number of hydrogen-bond acceptors (Lipinski definition) is 1. The van der Waals surface area contributed by atoms with E-state index in [1.807, 2.05) is 21.1 Å². The van der Waals surface area contributed by atoms with Crippen molar-refractivity contribution in [2.45, 2.75) is 13.2 Å². The molecule has 0 heterocycles. The average molecular weight is 140 g/mol. The van der Waals surface area contributed by atoms with E-state index in [0.29, 0.717) is 4.48 Å². The maximum atomic E-state index is 8.86. The van der Waals surface area contributed by atoms with Crippen molar-refractivity contribution in [1.82, 2.24) is 0 Å². The van der Waals surface area contributed by atoms with Gasteiger partial charge in [-0.25, -0.2) is 0 Å². The van der Waals surface area contributed by atoms with Gasteiger partial charge in [-0.15, -0.1) is 0 Å². The van der Waals surface area contributed by atoms with Gasteiger partial charge in [0.25, 0.3) is 0 Å². The third kappa shape index (κ3) is 4.37. The van der Waals surface area contributed by atoms with Crippen LogP contribution in [0, 0.1) is 0 Å². The molecule has 2 nitrogen and oxygen atoms in total. The number of aliphatic hydroxyl groups excluding tert-OH is 1. The van der Waals surface area contributed by atoms with Gasteiger partial charge in [0.15, 0.2) is 6.23 Å². The maximum Gasteiger partial charge on any atom is 0.187 e. The Balaban J connectivity index is 0. The molecule has 0 rings (SSSR count). The zero-order valence-electron chi connectivity index (χ0n) is 5.85. The summed E-state index contributed by atoms with van der Waals surface area (Å²) in [5.74, 6) is 0. The molecule has 0 aliphatic carbocycles. The van der Waals surface area contributed by atoms with E-state index in [1.165, 1.54) is 0 Å². The second-order valence-electron chi connectivity index (χ2n) is 2.75. The molecule has 52 valence electrons. The van der Waals surface area contributed by atoms with E-state index in [4.69, 9.17) is 5.11 Å². The van der Waals surface area contributed by atoms with Crippen molar-refractivity contribution in [3.05, 3.63) is 0 Å². The first-order chi connectivity index (χ1) is 2.94. The van der Waals surface area contributed by atoms with Gasteiger partial charge in [0.2, 0.25) is 0 Å². The Morgan fingerprint density at radius 3 is 1.38 bits per heavy atom. The highest BCUT2D eigenvalue weighted by Gasteiger charge is 2.12. The second kappa shape index (κ2) is 3.28. The summed E-state index contributed by atoms with van der Waals surface area (Å²) in [4.78, 5) is 0. The fourth-order valence-corrected chi connectivity index (χ4v) is 0. The van der Waals surface area contributed by atoms with E-state index in [2.05, 4.69) is 0 Å². The summed E-state index contributed by atoms with van der Waals surface area (Å²) < 4.78 is 0.611. The van der Waals surface area contributed by atoms with Crippen molar-refractivity contribution >= 4 is 0 Å². The molecule has 0 aliphatic heterocycles. The third-order valence-electron chi connectivity index (χ3n) is 1.12. The van der Waals surface area contributed by atoms with Crippen molar-refractivity contribution in [2.24, 2.45) is 0 Å². The number of quaternary nitrogens is 1. The molecule has 1 unspecified atom stereocenters. The summed E-state index contributed by atoms with van der Waals surface area (Å²) in [5, 5.41) is 8.86. The van der Waals surface area contributed by atoms with Gasteiger partial charge in [-0.05, 0) is 0 Å². The van der Waals surface area contributed by atoms with Gasteiger partial charge in [-0.3, -0.25) is 0 Å². The largest absolute Gasteiger partial charge is 1.00 e. The summed E-state index contributed by atoms with van der Waals surface area (Å²) in [6, 6.07) is 0. The van der Waals surface area contributed by atoms with Gasteiger partial charge in [0, 0.05) is 6.92 Å². The summed E-state index contributed by atoms with van der Waals surface area (Å²) >= 11 is 0. The van der Waals surface area contributed by atoms with Crippen LogP contribution in [0.25, 0.3) is 0 Å². The predicted octanol–water partition coefficient (Wildman–Crippen LogP) is -2.97. The smallest absolute Gasteiger partial charge is 0.187 e. The lowest BCUT2D eigenvalue weighted by Gasteiger charge is -2.26.